The normalized spacial score (nSPS) is 45.0. The van der Waals surface area contributed by atoms with Crippen LogP contribution in [0.4, 0.5) is 0 Å². The molecule has 0 aromatic heterocycles. The molecule has 1 radical (unpaired) electrons. The van der Waals surface area contributed by atoms with Gasteiger partial charge in [-0.1, -0.05) is 20.8 Å². The van der Waals surface area contributed by atoms with Gasteiger partial charge in [-0.2, -0.15) is 8.42 Å². The first kappa shape index (κ1) is 30.8. The van der Waals surface area contributed by atoms with Gasteiger partial charge in [-0.3, -0.25) is 9.35 Å². The van der Waals surface area contributed by atoms with Gasteiger partial charge in [0.25, 0.3) is 10.1 Å². The Kier molecular flexibility index (Phi) is 9.75. The Morgan fingerprint density at radius 2 is 1.75 bits per heavy atom. The van der Waals surface area contributed by atoms with E-state index >= 15 is 0 Å². The molecular weight excluding hydrogens is 493 g/mol. The quantitative estimate of drug-likeness (QED) is 0.246. The van der Waals surface area contributed by atoms with Gasteiger partial charge >= 0.3 is 0 Å². The second-order valence-electron chi connectivity index (χ2n) is 12.7. The Hall–Kier alpha value is 0.260. The molecule has 0 aromatic rings. The average molecular weight is 539 g/mol. The summed E-state index contributed by atoms with van der Waals surface area (Å²) < 4.78 is 30.5. The van der Waals surface area contributed by atoms with Crippen molar-refractivity contribution in [3.8, 4) is 0 Å². The molecule has 0 aliphatic heterocycles. The number of rotatable bonds is 7. The monoisotopic (exact) mass is 538 g/mol. The van der Waals surface area contributed by atoms with Crippen LogP contribution in [0.25, 0.3) is 0 Å². The number of aliphatic hydroxyl groups excluding tert-OH is 3. The molecule has 4 aliphatic rings. The van der Waals surface area contributed by atoms with E-state index in [1.165, 1.54) is 0 Å². The molecule has 36 heavy (non-hydrogen) atoms. The molecule has 1 amide bonds. The molecule has 0 saturated heterocycles. The molecule has 0 heterocycles. The first-order valence-corrected chi connectivity index (χ1v) is 15.1. The summed E-state index contributed by atoms with van der Waals surface area (Å²) in [7, 11) is -4.10. The van der Waals surface area contributed by atoms with Crippen LogP contribution in [0.15, 0.2) is 0 Å². The van der Waals surface area contributed by atoms with Crippen LogP contribution in [-0.4, -0.2) is 94.4 Å². The zero-order valence-corrected chi connectivity index (χ0v) is 25.2. The number of carbonyl (C=O) groups excluding carboxylic acids is 1. The Morgan fingerprint density at radius 1 is 1.06 bits per heavy atom. The smallest absolute Gasteiger partial charge is 0.266 e. The zero-order chi connectivity index (χ0) is 25.8. The second-order valence-corrected chi connectivity index (χ2v) is 14.2. The Labute approximate surface area is 238 Å². The van der Waals surface area contributed by atoms with Crippen LogP contribution < -0.4 is 5.32 Å². The van der Waals surface area contributed by atoms with Crippen molar-refractivity contribution in [1.29, 1.82) is 0 Å². The summed E-state index contributed by atoms with van der Waals surface area (Å²) >= 11 is 0. The SMILES string of the molecule is C[C@H](CCC(=O)NCCS(=O)(=O)O)[C@H]1CC[C@H]2[C@@H]3[C@H](O)C[C@H]4C[C@H](O)CC[C@]4(C)[C@H]3C[C@H](O)[C@]12C.[Na]. The van der Waals surface area contributed by atoms with Gasteiger partial charge in [0.05, 0.1) is 24.1 Å². The minimum Gasteiger partial charge on any atom is -0.393 e. The predicted molar refractivity (Wildman–Crippen MR) is 138 cm³/mol. The van der Waals surface area contributed by atoms with Gasteiger partial charge in [-0.05, 0) is 97.7 Å². The summed E-state index contributed by atoms with van der Waals surface area (Å²) in [6, 6.07) is 0. The van der Waals surface area contributed by atoms with Gasteiger partial charge in [0, 0.05) is 42.5 Å². The van der Waals surface area contributed by atoms with E-state index in [0.29, 0.717) is 18.8 Å². The van der Waals surface area contributed by atoms with Crippen molar-refractivity contribution in [1.82, 2.24) is 5.32 Å². The molecule has 8 nitrogen and oxygen atoms in total. The van der Waals surface area contributed by atoms with Crippen molar-refractivity contribution in [3.63, 3.8) is 0 Å². The van der Waals surface area contributed by atoms with Gasteiger partial charge in [-0.25, -0.2) is 0 Å². The standard InChI is InChI=1S/C26H45NO7S.Na/c1-15(4-7-23(31)27-10-11-35(32,33)34)18-5-6-19-24-20(14-22(30)26(18,19)3)25(2)9-8-17(28)12-16(25)13-21(24)29;/h15-22,24,28-30H,4-14H2,1-3H3,(H,27,31)(H,32,33,34);/t15-,16-,17-,18-,19+,20+,21-,22+,24+,25+,26-;/m1./s1. The van der Waals surface area contributed by atoms with E-state index in [1.54, 1.807) is 0 Å². The van der Waals surface area contributed by atoms with Crippen LogP contribution in [0, 0.1) is 46.3 Å². The summed E-state index contributed by atoms with van der Waals surface area (Å²) in [6.45, 7) is 6.56. The summed E-state index contributed by atoms with van der Waals surface area (Å²) in [5.41, 5.74) is -0.254. The molecular formula is C26H45NNaO7S. The van der Waals surface area contributed by atoms with Crippen molar-refractivity contribution in [3.05, 3.63) is 0 Å². The van der Waals surface area contributed by atoms with E-state index in [4.69, 9.17) is 4.55 Å². The fourth-order valence-corrected chi connectivity index (χ4v) is 9.46. The molecule has 0 aromatic carbocycles. The minimum atomic E-state index is -4.10. The van der Waals surface area contributed by atoms with Crippen molar-refractivity contribution >= 4 is 45.6 Å². The van der Waals surface area contributed by atoms with Crippen LogP contribution in [0.2, 0.25) is 0 Å². The minimum absolute atomic E-state index is 0. The first-order chi connectivity index (χ1) is 16.3. The number of fused-ring (bicyclic) bond motifs is 5. The molecule has 4 saturated carbocycles. The van der Waals surface area contributed by atoms with Crippen LogP contribution in [0.3, 0.4) is 0 Å². The number of nitrogens with one attached hydrogen (secondary N) is 1. The number of hydrogen-bond acceptors (Lipinski definition) is 6. The van der Waals surface area contributed by atoms with Crippen LogP contribution in [-0.2, 0) is 14.9 Å². The van der Waals surface area contributed by atoms with Gasteiger partial charge in [0.2, 0.25) is 5.91 Å². The third-order valence-corrected chi connectivity index (χ3v) is 11.7. The van der Waals surface area contributed by atoms with Gasteiger partial charge in [-0.15, -0.1) is 0 Å². The molecule has 203 valence electrons. The fraction of sp³-hybridized carbons (Fsp3) is 0.962. The van der Waals surface area contributed by atoms with Crippen molar-refractivity contribution in [2.24, 2.45) is 46.3 Å². The fourth-order valence-electron chi connectivity index (χ4n) is 9.10. The Morgan fingerprint density at radius 3 is 2.42 bits per heavy atom. The number of hydrogen-bond donors (Lipinski definition) is 5. The van der Waals surface area contributed by atoms with Crippen molar-refractivity contribution in [2.45, 2.75) is 96.9 Å². The van der Waals surface area contributed by atoms with E-state index in [9.17, 15) is 28.5 Å². The molecule has 5 N–H and O–H groups in total. The maximum Gasteiger partial charge on any atom is 0.266 e. The zero-order valence-electron chi connectivity index (χ0n) is 22.4. The molecule has 10 heteroatoms. The van der Waals surface area contributed by atoms with Crippen LogP contribution in [0.1, 0.15) is 78.6 Å². The molecule has 0 bridgehead atoms. The van der Waals surface area contributed by atoms with E-state index in [0.717, 1.165) is 38.5 Å². The van der Waals surface area contributed by atoms with Crippen LogP contribution >= 0.6 is 0 Å². The number of carbonyl (C=O) groups is 1. The summed E-state index contributed by atoms with van der Waals surface area (Å²) in [5, 5.41) is 35.8. The summed E-state index contributed by atoms with van der Waals surface area (Å²) in [4.78, 5) is 12.2. The van der Waals surface area contributed by atoms with Gasteiger partial charge < -0.3 is 20.6 Å². The van der Waals surface area contributed by atoms with E-state index < -0.39 is 28.1 Å². The van der Waals surface area contributed by atoms with Crippen molar-refractivity contribution < 1.29 is 33.1 Å². The van der Waals surface area contributed by atoms with E-state index in [1.807, 2.05) is 0 Å². The van der Waals surface area contributed by atoms with E-state index in [2.05, 4.69) is 26.1 Å². The molecule has 0 spiro atoms. The third-order valence-electron chi connectivity index (χ3n) is 11.0. The van der Waals surface area contributed by atoms with Crippen LogP contribution in [0.5, 0.6) is 0 Å². The maximum absolute atomic E-state index is 12.2. The Bertz CT molecular complexity index is 903. The van der Waals surface area contributed by atoms with Gasteiger partial charge in [0.1, 0.15) is 0 Å². The first-order valence-electron chi connectivity index (χ1n) is 13.5. The summed E-state index contributed by atoms with van der Waals surface area (Å²) in [6.07, 6.45) is 5.67. The molecule has 0 unspecified atom stereocenters. The number of aliphatic hydroxyl groups is 3. The molecule has 4 aliphatic carbocycles. The topological polar surface area (TPSA) is 144 Å². The Balaban J connectivity index is 0.00000361. The van der Waals surface area contributed by atoms with Gasteiger partial charge in [0.15, 0.2) is 0 Å². The summed E-state index contributed by atoms with van der Waals surface area (Å²) in [5.74, 6) is 0.705. The third kappa shape index (κ3) is 5.74. The predicted octanol–water partition coefficient (Wildman–Crippen LogP) is 1.99. The second kappa shape index (κ2) is 11.4. The molecule has 4 rings (SSSR count). The molecule has 11 atom stereocenters. The van der Waals surface area contributed by atoms with E-state index in [-0.39, 0.29) is 95.0 Å². The largest absolute Gasteiger partial charge is 0.393 e. The number of amides is 1. The molecule has 4 fully saturated rings. The van der Waals surface area contributed by atoms with Crippen molar-refractivity contribution in [2.75, 3.05) is 12.3 Å². The average Bonchev–Trinajstić information content (AvgIpc) is 3.12. The maximum atomic E-state index is 12.2.